The highest BCUT2D eigenvalue weighted by molar-refractivity contribution is 5.21. The molecule has 2 unspecified atom stereocenters. The molecule has 1 heterocycles. The first-order valence-electron chi connectivity index (χ1n) is 4.77. The number of nitrogens with zero attached hydrogens (tertiary/aromatic N) is 1. The van der Waals surface area contributed by atoms with E-state index in [4.69, 9.17) is 4.74 Å². The van der Waals surface area contributed by atoms with Crippen LogP contribution < -0.4 is 0 Å². The largest absolute Gasteiger partial charge is 0.399 e. The van der Waals surface area contributed by atoms with Crippen molar-refractivity contribution in [3.63, 3.8) is 0 Å². The van der Waals surface area contributed by atoms with Gasteiger partial charge in [-0.25, -0.2) is 0 Å². The highest BCUT2D eigenvalue weighted by Gasteiger charge is 2.30. The molecule has 68 valence electrons. The number of hydrogen-bond acceptors (Lipinski definition) is 1. The fraction of sp³-hybridized carbons (Fsp3) is 0.900. The fourth-order valence-corrected chi connectivity index (χ4v) is 1.30. The molecule has 0 radical (unpaired) electrons. The SMILES string of the molecule is COCCC(C)CCCC1C#[N+]1. The lowest BCUT2D eigenvalue weighted by molar-refractivity contribution is 0.178. The molecule has 0 saturated heterocycles. The van der Waals surface area contributed by atoms with Crippen molar-refractivity contribution >= 4 is 0 Å². The minimum absolute atomic E-state index is 0.486. The molecule has 1 aliphatic heterocycles. The van der Waals surface area contributed by atoms with E-state index in [2.05, 4.69) is 17.8 Å². The highest BCUT2D eigenvalue weighted by atomic mass is 16.5. The van der Waals surface area contributed by atoms with Crippen LogP contribution in [0.25, 0.3) is 4.85 Å². The Bertz CT molecular complexity index is 172. The van der Waals surface area contributed by atoms with Gasteiger partial charge in [-0.2, -0.15) is 0 Å². The second kappa shape index (κ2) is 5.16. The van der Waals surface area contributed by atoms with Crippen LogP contribution >= 0.6 is 0 Å². The van der Waals surface area contributed by atoms with Gasteiger partial charge in [0.25, 0.3) is 0 Å². The zero-order chi connectivity index (χ0) is 8.81. The van der Waals surface area contributed by atoms with Gasteiger partial charge in [0, 0.05) is 20.1 Å². The molecule has 0 fully saturated rings. The van der Waals surface area contributed by atoms with E-state index in [1.165, 1.54) is 25.7 Å². The predicted molar refractivity (Wildman–Crippen MR) is 50.5 cm³/mol. The molecular formula is C10H18NO+. The van der Waals surface area contributed by atoms with Crippen LogP contribution in [0.15, 0.2) is 0 Å². The third kappa shape index (κ3) is 4.35. The average molecular weight is 168 g/mol. The zero-order valence-corrected chi connectivity index (χ0v) is 8.05. The van der Waals surface area contributed by atoms with E-state index in [0.29, 0.717) is 6.04 Å². The molecule has 12 heavy (non-hydrogen) atoms. The van der Waals surface area contributed by atoms with Crippen LogP contribution in [-0.2, 0) is 4.74 Å². The molecule has 1 rings (SSSR count). The molecule has 0 spiro atoms. The van der Waals surface area contributed by atoms with Gasteiger partial charge in [-0.15, -0.1) is 0 Å². The van der Waals surface area contributed by atoms with E-state index < -0.39 is 0 Å². The first-order valence-corrected chi connectivity index (χ1v) is 4.77. The monoisotopic (exact) mass is 168 g/mol. The summed E-state index contributed by atoms with van der Waals surface area (Å²) < 4.78 is 5.02. The maximum Gasteiger partial charge on any atom is 0.399 e. The van der Waals surface area contributed by atoms with Crippen LogP contribution in [0.1, 0.15) is 32.6 Å². The van der Waals surface area contributed by atoms with Gasteiger partial charge >= 0.3 is 12.1 Å². The van der Waals surface area contributed by atoms with E-state index in [1.54, 1.807) is 7.11 Å². The molecule has 0 N–H and O–H groups in total. The van der Waals surface area contributed by atoms with Crippen LogP contribution in [0.2, 0.25) is 0 Å². The predicted octanol–water partition coefficient (Wildman–Crippen LogP) is 2.54. The van der Waals surface area contributed by atoms with Gasteiger partial charge in [-0.1, -0.05) is 18.2 Å². The van der Waals surface area contributed by atoms with Gasteiger partial charge in [-0.3, -0.25) is 0 Å². The van der Waals surface area contributed by atoms with Crippen molar-refractivity contribution in [2.75, 3.05) is 13.7 Å². The van der Waals surface area contributed by atoms with Gasteiger partial charge in [0.15, 0.2) is 0 Å². The molecule has 0 aromatic rings. The van der Waals surface area contributed by atoms with Crippen LogP contribution in [0.3, 0.4) is 0 Å². The van der Waals surface area contributed by atoms with Crippen molar-refractivity contribution in [2.45, 2.75) is 38.6 Å². The van der Waals surface area contributed by atoms with Crippen LogP contribution in [0.4, 0.5) is 0 Å². The normalized spacial score (nSPS) is 21.3. The van der Waals surface area contributed by atoms with Gasteiger partial charge < -0.3 is 4.74 Å². The summed E-state index contributed by atoms with van der Waals surface area (Å²) in [7, 11) is 1.76. The molecule has 2 nitrogen and oxygen atoms in total. The summed E-state index contributed by atoms with van der Waals surface area (Å²) in [4.78, 5) is 3.99. The van der Waals surface area contributed by atoms with E-state index in [0.717, 1.165) is 12.5 Å². The van der Waals surface area contributed by atoms with Gasteiger partial charge in [0.2, 0.25) is 0 Å². The van der Waals surface area contributed by atoms with Gasteiger partial charge in [0.05, 0.1) is 0 Å². The maximum atomic E-state index is 5.02. The Morgan fingerprint density at radius 1 is 1.50 bits per heavy atom. The minimum Gasteiger partial charge on any atom is -0.385 e. The first-order chi connectivity index (χ1) is 5.83. The lowest BCUT2D eigenvalue weighted by atomic mass is 10.0. The summed E-state index contributed by atoms with van der Waals surface area (Å²) in [6.45, 7) is 3.18. The second-order valence-electron chi connectivity index (χ2n) is 3.59. The highest BCUT2D eigenvalue weighted by Crippen LogP contribution is 2.17. The van der Waals surface area contributed by atoms with E-state index in [-0.39, 0.29) is 0 Å². The Kier molecular flexibility index (Phi) is 4.10. The molecule has 0 aromatic heterocycles. The van der Waals surface area contributed by atoms with Crippen molar-refractivity contribution < 1.29 is 4.74 Å². The summed E-state index contributed by atoms with van der Waals surface area (Å²) in [5, 5.41) is 0. The molecule has 2 atom stereocenters. The maximum absolute atomic E-state index is 5.02. The Morgan fingerprint density at radius 3 is 2.83 bits per heavy atom. The molecule has 2 heteroatoms. The topological polar surface area (TPSA) is 13.6 Å². The average Bonchev–Trinajstić information content (AvgIpc) is 2.84. The van der Waals surface area contributed by atoms with E-state index >= 15 is 0 Å². The van der Waals surface area contributed by atoms with Crippen molar-refractivity contribution in [1.29, 1.82) is 0 Å². The first kappa shape index (κ1) is 9.54. The minimum atomic E-state index is 0.486. The molecule has 0 amide bonds. The molecule has 0 saturated carbocycles. The Morgan fingerprint density at radius 2 is 2.25 bits per heavy atom. The van der Waals surface area contributed by atoms with Crippen molar-refractivity contribution in [3.8, 4) is 6.07 Å². The van der Waals surface area contributed by atoms with Crippen molar-refractivity contribution in [3.05, 3.63) is 4.85 Å². The van der Waals surface area contributed by atoms with Crippen LogP contribution in [-0.4, -0.2) is 19.8 Å². The lowest BCUT2D eigenvalue weighted by Crippen LogP contribution is -2.00. The number of hydrogen-bond donors (Lipinski definition) is 0. The van der Waals surface area contributed by atoms with Gasteiger partial charge in [0.1, 0.15) is 0 Å². The number of ether oxygens (including phenoxy) is 1. The Labute approximate surface area is 74.7 Å². The summed E-state index contributed by atoms with van der Waals surface area (Å²) in [5.41, 5.74) is 0. The van der Waals surface area contributed by atoms with Crippen molar-refractivity contribution in [1.82, 2.24) is 0 Å². The number of methoxy groups -OCH3 is 1. The molecule has 0 aromatic carbocycles. The van der Waals surface area contributed by atoms with Crippen molar-refractivity contribution in [2.24, 2.45) is 5.92 Å². The zero-order valence-electron chi connectivity index (χ0n) is 8.05. The summed E-state index contributed by atoms with van der Waals surface area (Å²) >= 11 is 0. The molecule has 0 bridgehead atoms. The smallest absolute Gasteiger partial charge is 0.385 e. The molecule has 0 aliphatic carbocycles. The summed E-state index contributed by atoms with van der Waals surface area (Å²) in [6.07, 6.45) is 4.98. The quantitative estimate of drug-likeness (QED) is 0.569. The third-order valence-corrected chi connectivity index (χ3v) is 2.30. The number of rotatable bonds is 7. The van der Waals surface area contributed by atoms with E-state index in [9.17, 15) is 0 Å². The summed E-state index contributed by atoms with van der Waals surface area (Å²) in [6, 6.07) is 3.44. The van der Waals surface area contributed by atoms with Gasteiger partial charge in [-0.05, 0) is 18.8 Å². The second-order valence-corrected chi connectivity index (χ2v) is 3.59. The van der Waals surface area contributed by atoms with E-state index in [1.807, 2.05) is 0 Å². The fourth-order valence-electron chi connectivity index (χ4n) is 1.30. The standard InChI is InChI=1S/C10H18NO/c1-9(6-7-12-2)4-3-5-10-8-11-10/h9-10H,3-7H2,1-2H3/q+1. The Balaban J connectivity index is 1.83. The molecular weight excluding hydrogens is 150 g/mol. The molecule has 1 aliphatic rings. The van der Waals surface area contributed by atoms with Crippen LogP contribution in [0.5, 0.6) is 0 Å². The third-order valence-electron chi connectivity index (χ3n) is 2.30. The lowest BCUT2D eigenvalue weighted by Gasteiger charge is -2.08. The summed E-state index contributed by atoms with van der Waals surface area (Å²) in [5.74, 6) is 0.795. The van der Waals surface area contributed by atoms with Crippen LogP contribution in [0, 0.1) is 12.0 Å². The Hall–Kier alpha value is -0.550.